The number of hydrogen-bond donors (Lipinski definition) is 3. The SMILES string of the molecule is OCCCc1ccc(F)c(O)c1O. The molecule has 0 heterocycles. The molecule has 0 saturated heterocycles. The Morgan fingerprint density at radius 1 is 1.15 bits per heavy atom. The zero-order valence-electron chi connectivity index (χ0n) is 7.00. The van der Waals surface area contributed by atoms with Crippen LogP contribution in [0.15, 0.2) is 12.1 Å². The van der Waals surface area contributed by atoms with Crippen molar-refractivity contribution in [3.63, 3.8) is 0 Å². The molecule has 0 aliphatic rings. The van der Waals surface area contributed by atoms with E-state index in [-0.39, 0.29) is 6.61 Å². The van der Waals surface area contributed by atoms with Crippen molar-refractivity contribution in [3.8, 4) is 11.5 Å². The average molecular weight is 186 g/mol. The smallest absolute Gasteiger partial charge is 0.194 e. The molecule has 0 aromatic heterocycles. The Kier molecular flexibility index (Phi) is 3.08. The van der Waals surface area contributed by atoms with Crippen LogP contribution in [0.25, 0.3) is 0 Å². The predicted molar refractivity (Wildman–Crippen MR) is 45.1 cm³/mol. The van der Waals surface area contributed by atoms with Crippen LogP contribution in [0.3, 0.4) is 0 Å². The van der Waals surface area contributed by atoms with Crippen molar-refractivity contribution in [2.45, 2.75) is 12.8 Å². The molecule has 1 aromatic rings. The summed E-state index contributed by atoms with van der Waals surface area (Å²) in [4.78, 5) is 0. The number of aromatic hydroxyl groups is 2. The molecule has 0 saturated carbocycles. The molecule has 4 heteroatoms. The molecule has 3 nitrogen and oxygen atoms in total. The van der Waals surface area contributed by atoms with Crippen molar-refractivity contribution in [3.05, 3.63) is 23.5 Å². The standard InChI is InChI=1S/C9H11FO3/c10-7-4-3-6(2-1-5-11)8(12)9(7)13/h3-4,11-13H,1-2,5H2. The van der Waals surface area contributed by atoms with Gasteiger partial charge in [0, 0.05) is 6.61 Å². The Morgan fingerprint density at radius 2 is 1.85 bits per heavy atom. The van der Waals surface area contributed by atoms with Gasteiger partial charge in [0.05, 0.1) is 0 Å². The van der Waals surface area contributed by atoms with Gasteiger partial charge in [0.2, 0.25) is 0 Å². The third-order valence-electron chi connectivity index (χ3n) is 1.79. The van der Waals surface area contributed by atoms with Gasteiger partial charge in [-0.3, -0.25) is 0 Å². The third kappa shape index (κ3) is 2.09. The van der Waals surface area contributed by atoms with Gasteiger partial charge in [-0.25, -0.2) is 4.39 Å². The zero-order valence-corrected chi connectivity index (χ0v) is 7.00. The lowest BCUT2D eigenvalue weighted by molar-refractivity contribution is 0.287. The van der Waals surface area contributed by atoms with Crippen LogP contribution in [0, 0.1) is 5.82 Å². The van der Waals surface area contributed by atoms with E-state index >= 15 is 0 Å². The van der Waals surface area contributed by atoms with Gasteiger partial charge in [0.25, 0.3) is 0 Å². The van der Waals surface area contributed by atoms with E-state index < -0.39 is 17.3 Å². The van der Waals surface area contributed by atoms with Gasteiger partial charge in [-0.15, -0.1) is 0 Å². The molecule has 0 aliphatic heterocycles. The van der Waals surface area contributed by atoms with Gasteiger partial charge in [0.15, 0.2) is 17.3 Å². The normalized spacial score (nSPS) is 10.3. The fourth-order valence-corrected chi connectivity index (χ4v) is 1.07. The summed E-state index contributed by atoms with van der Waals surface area (Å²) in [6, 6.07) is 2.47. The fourth-order valence-electron chi connectivity index (χ4n) is 1.07. The van der Waals surface area contributed by atoms with Crippen LogP contribution in [0.2, 0.25) is 0 Å². The second-order valence-electron chi connectivity index (χ2n) is 2.73. The van der Waals surface area contributed by atoms with E-state index in [0.29, 0.717) is 18.4 Å². The Balaban J connectivity index is 2.90. The Hall–Kier alpha value is -1.29. The number of hydrogen-bond acceptors (Lipinski definition) is 3. The van der Waals surface area contributed by atoms with E-state index in [9.17, 15) is 9.50 Å². The molecule has 0 spiro atoms. The Bertz CT molecular complexity index is 299. The maximum absolute atomic E-state index is 12.6. The van der Waals surface area contributed by atoms with Gasteiger partial charge in [-0.1, -0.05) is 6.07 Å². The lowest BCUT2D eigenvalue weighted by Gasteiger charge is -2.05. The lowest BCUT2D eigenvalue weighted by Crippen LogP contribution is -1.91. The first kappa shape index (κ1) is 9.80. The van der Waals surface area contributed by atoms with E-state index in [1.54, 1.807) is 0 Å². The second kappa shape index (κ2) is 4.09. The number of phenolic OH excluding ortho intramolecular Hbond substituents is 2. The third-order valence-corrected chi connectivity index (χ3v) is 1.79. The highest BCUT2D eigenvalue weighted by Crippen LogP contribution is 2.31. The van der Waals surface area contributed by atoms with E-state index in [2.05, 4.69) is 0 Å². The van der Waals surface area contributed by atoms with Gasteiger partial charge < -0.3 is 15.3 Å². The summed E-state index contributed by atoms with van der Waals surface area (Å²) in [7, 11) is 0. The molecule has 13 heavy (non-hydrogen) atoms. The molecule has 0 atom stereocenters. The van der Waals surface area contributed by atoms with Gasteiger partial charge in [-0.05, 0) is 24.5 Å². The van der Waals surface area contributed by atoms with E-state index in [4.69, 9.17) is 10.2 Å². The minimum atomic E-state index is -0.842. The number of rotatable bonds is 3. The zero-order chi connectivity index (χ0) is 9.84. The first-order valence-electron chi connectivity index (χ1n) is 3.97. The first-order chi connectivity index (χ1) is 6.16. The molecule has 0 bridgehead atoms. The van der Waals surface area contributed by atoms with Crippen molar-refractivity contribution in [2.24, 2.45) is 0 Å². The highest BCUT2D eigenvalue weighted by atomic mass is 19.1. The summed E-state index contributed by atoms with van der Waals surface area (Å²) in [6.45, 7) is -0.00240. The number of aliphatic hydroxyl groups excluding tert-OH is 1. The lowest BCUT2D eigenvalue weighted by atomic mass is 10.1. The van der Waals surface area contributed by atoms with Gasteiger partial charge in [-0.2, -0.15) is 0 Å². The van der Waals surface area contributed by atoms with Crippen LogP contribution in [-0.2, 0) is 6.42 Å². The number of benzene rings is 1. The minimum absolute atomic E-state index is 0.00240. The Labute approximate surface area is 75.1 Å². The molecular formula is C9H11FO3. The van der Waals surface area contributed by atoms with E-state index in [1.807, 2.05) is 0 Å². The minimum Gasteiger partial charge on any atom is -0.504 e. The van der Waals surface area contributed by atoms with Crippen molar-refractivity contribution in [1.82, 2.24) is 0 Å². The predicted octanol–water partition coefficient (Wildman–Crippen LogP) is 1.16. The molecule has 0 fully saturated rings. The van der Waals surface area contributed by atoms with E-state index in [1.165, 1.54) is 6.07 Å². The summed E-state index contributed by atoms with van der Waals surface area (Å²) in [6.07, 6.45) is 0.884. The topological polar surface area (TPSA) is 60.7 Å². The number of halogens is 1. The summed E-state index contributed by atoms with van der Waals surface area (Å²) >= 11 is 0. The molecule has 1 aromatic carbocycles. The fraction of sp³-hybridized carbons (Fsp3) is 0.333. The highest BCUT2D eigenvalue weighted by molar-refractivity contribution is 5.45. The maximum Gasteiger partial charge on any atom is 0.194 e. The van der Waals surface area contributed by atoms with Gasteiger partial charge >= 0.3 is 0 Å². The molecule has 0 aliphatic carbocycles. The van der Waals surface area contributed by atoms with Crippen molar-refractivity contribution in [1.29, 1.82) is 0 Å². The molecule has 3 N–H and O–H groups in total. The summed E-state index contributed by atoms with van der Waals surface area (Å²) in [5.41, 5.74) is 0.438. The number of aryl methyl sites for hydroxylation is 1. The first-order valence-corrected chi connectivity index (χ1v) is 3.97. The monoisotopic (exact) mass is 186 g/mol. The molecule has 0 amide bonds. The van der Waals surface area contributed by atoms with Crippen LogP contribution >= 0.6 is 0 Å². The molecule has 1 rings (SSSR count). The largest absolute Gasteiger partial charge is 0.504 e. The molecular weight excluding hydrogens is 175 g/mol. The summed E-state index contributed by atoms with van der Waals surface area (Å²) in [5.74, 6) is -2.01. The van der Waals surface area contributed by atoms with E-state index in [0.717, 1.165) is 6.07 Å². The average Bonchev–Trinajstić information content (AvgIpc) is 2.13. The van der Waals surface area contributed by atoms with Crippen LogP contribution in [0.5, 0.6) is 11.5 Å². The van der Waals surface area contributed by atoms with Crippen molar-refractivity contribution in [2.75, 3.05) is 6.61 Å². The van der Waals surface area contributed by atoms with Crippen LogP contribution in [0.4, 0.5) is 4.39 Å². The van der Waals surface area contributed by atoms with Crippen LogP contribution in [0.1, 0.15) is 12.0 Å². The highest BCUT2D eigenvalue weighted by Gasteiger charge is 2.10. The van der Waals surface area contributed by atoms with Crippen LogP contribution in [-0.4, -0.2) is 21.9 Å². The van der Waals surface area contributed by atoms with Crippen LogP contribution < -0.4 is 0 Å². The summed E-state index contributed by atoms with van der Waals surface area (Å²) < 4.78 is 12.6. The molecule has 0 unspecified atom stereocenters. The second-order valence-corrected chi connectivity index (χ2v) is 2.73. The molecule has 0 radical (unpaired) electrons. The molecule has 72 valence electrons. The maximum atomic E-state index is 12.6. The van der Waals surface area contributed by atoms with Gasteiger partial charge in [0.1, 0.15) is 0 Å². The van der Waals surface area contributed by atoms with Crippen molar-refractivity contribution < 1.29 is 19.7 Å². The number of phenols is 2. The van der Waals surface area contributed by atoms with Crippen molar-refractivity contribution >= 4 is 0 Å². The Morgan fingerprint density at radius 3 is 2.46 bits per heavy atom. The quantitative estimate of drug-likeness (QED) is 0.621. The number of aliphatic hydroxyl groups is 1. The summed E-state index contributed by atoms with van der Waals surface area (Å²) in [5, 5.41) is 26.8.